The third-order valence-electron chi connectivity index (χ3n) is 6.53. The van der Waals surface area contributed by atoms with Crippen LogP contribution in [0.2, 0.25) is 18.6 Å². The minimum Gasteiger partial charge on any atom is -0.393 e. The Hall–Kier alpha value is -1.46. The number of hydrogen-bond acceptors (Lipinski definition) is 3. The third-order valence-corrected chi connectivity index (χ3v) is 10.8. The molecule has 1 saturated carbocycles. The molecule has 4 rings (SSSR count). The Morgan fingerprint density at radius 3 is 2.38 bits per heavy atom. The summed E-state index contributed by atoms with van der Waals surface area (Å²) in [5.41, 5.74) is 1.39. The number of rotatable bonds is 7. The molecule has 138 valence electrons. The Morgan fingerprint density at radius 1 is 1.08 bits per heavy atom. The van der Waals surface area contributed by atoms with Gasteiger partial charge < -0.3 is 14.6 Å². The lowest BCUT2D eigenvalue weighted by Gasteiger charge is -2.37. The average molecular weight is 369 g/mol. The van der Waals surface area contributed by atoms with E-state index in [2.05, 4.69) is 55.6 Å². The molecule has 0 aromatic heterocycles. The predicted molar refractivity (Wildman–Crippen MR) is 106 cm³/mol. The zero-order chi connectivity index (χ0) is 18.2. The highest BCUT2D eigenvalue weighted by atomic mass is 28.3. The summed E-state index contributed by atoms with van der Waals surface area (Å²) in [6, 6.07) is 21.2. The smallest absolute Gasteiger partial charge is 0.123 e. The monoisotopic (exact) mass is 368 g/mol. The van der Waals surface area contributed by atoms with Crippen LogP contribution >= 0.6 is 0 Å². The zero-order valence-corrected chi connectivity index (χ0v) is 16.6. The van der Waals surface area contributed by atoms with Gasteiger partial charge in [-0.1, -0.05) is 78.9 Å². The second kappa shape index (κ2) is 6.93. The van der Waals surface area contributed by atoms with Crippen LogP contribution in [0.25, 0.3) is 0 Å². The van der Waals surface area contributed by atoms with E-state index < -0.39 is 8.07 Å². The molecule has 2 fully saturated rings. The molecule has 26 heavy (non-hydrogen) atoms. The van der Waals surface area contributed by atoms with E-state index in [0.717, 1.165) is 6.42 Å². The van der Waals surface area contributed by atoms with Crippen LogP contribution in [-0.2, 0) is 16.1 Å². The largest absolute Gasteiger partial charge is 0.393 e. The van der Waals surface area contributed by atoms with Crippen molar-refractivity contribution in [3.63, 3.8) is 0 Å². The maximum Gasteiger partial charge on any atom is 0.123 e. The number of aliphatic hydroxyl groups excluding tert-OH is 1. The lowest BCUT2D eigenvalue weighted by Crippen LogP contribution is -2.50. The van der Waals surface area contributed by atoms with Gasteiger partial charge in [0.25, 0.3) is 0 Å². The van der Waals surface area contributed by atoms with Gasteiger partial charge in [-0.05, 0) is 17.5 Å². The molecule has 2 aliphatic rings. The third kappa shape index (κ3) is 3.05. The standard InChI is InChI=1S/C22H28O3Si/c1-26(2,18-11-7-4-8-12-18)20-13-21-22(16-23,25-21)19(20)15-24-14-17-9-5-3-6-10-17/h3-12,19-21,23H,13-16H2,1-2H3/t19-,20+,21-,22+/m1/s1. The van der Waals surface area contributed by atoms with Crippen molar-refractivity contribution in [3.8, 4) is 0 Å². The topological polar surface area (TPSA) is 42.0 Å². The van der Waals surface area contributed by atoms with Crippen molar-refractivity contribution in [1.29, 1.82) is 0 Å². The van der Waals surface area contributed by atoms with Gasteiger partial charge in [0.2, 0.25) is 0 Å². The van der Waals surface area contributed by atoms with E-state index in [1.54, 1.807) is 0 Å². The van der Waals surface area contributed by atoms with E-state index in [1.807, 2.05) is 18.2 Å². The van der Waals surface area contributed by atoms with E-state index in [1.165, 1.54) is 10.8 Å². The quantitative estimate of drug-likeness (QED) is 0.602. The van der Waals surface area contributed by atoms with Gasteiger partial charge in [0.1, 0.15) is 5.60 Å². The Kier molecular flexibility index (Phi) is 4.78. The normalized spacial score (nSPS) is 30.2. The van der Waals surface area contributed by atoms with Gasteiger partial charge in [-0.25, -0.2) is 0 Å². The molecule has 0 unspecified atom stereocenters. The van der Waals surface area contributed by atoms with Gasteiger partial charge in [-0.2, -0.15) is 0 Å². The first kappa shape index (κ1) is 17.9. The number of ether oxygens (including phenoxy) is 2. The Morgan fingerprint density at radius 2 is 1.73 bits per heavy atom. The van der Waals surface area contributed by atoms with Gasteiger partial charge in [0.15, 0.2) is 0 Å². The van der Waals surface area contributed by atoms with Crippen LogP contribution < -0.4 is 5.19 Å². The number of benzene rings is 2. The summed E-state index contributed by atoms with van der Waals surface area (Å²) in [5.74, 6) is 0.267. The Labute approximate surface area is 157 Å². The highest BCUT2D eigenvalue weighted by Crippen LogP contribution is 2.61. The maximum absolute atomic E-state index is 10.0. The van der Waals surface area contributed by atoms with Crippen molar-refractivity contribution >= 4 is 13.3 Å². The Balaban J connectivity index is 1.51. The van der Waals surface area contributed by atoms with Crippen molar-refractivity contribution in [1.82, 2.24) is 0 Å². The molecule has 1 N–H and O–H groups in total. The van der Waals surface area contributed by atoms with Crippen molar-refractivity contribution in [2.24, 2.45) is 5.92 Å². The molecular formula is C22H28O3Si. The summed E-state index contributed by atoms with van der Waals surface area (Å²) >= 11 is 0. The van der Waals surface area contributed by atoms with Crippen LogP contribution in [0, 0.1) is 5.92 Å². The summed E-state index contributed by atoms with van der Waals surface area (Å²) in [5, 5.41) is 11.5. The number of fused-ring (bicyclic) bond motifs is 1. The van der Waals surface area contributed by atoms with Gasteiger partial charge in [0, 0.05) is 5.92 Å². The number of epoxide rings is 1. The summed E-state index contributed by atoms with van der Waals surface area (Å²) in [6.07, 6.45) is 1.26. The van der Waals surface area contributed by atoms with Crippen LogP contribution in [0.1, 0.15) is 12.0 Å². The van der Waals surface area contributed by atoms with Crippen molar-refractivity contribution in [2.75, 3.05) is 13.2 Å². The molecule has 0 radical (unpaired) electrons. The molecule has 2 aromatic rings. The first-order valence-corrected chi connectivity index (χ1v) is 12.6. The maximum atomic E-state index is 10.0. The van der Waals surface area contributed by atoms with Gasteiger partial charge in [0.05, 0.1) is 34.0 Å². The van der Waals surface area contributed by atoms with E-state index in [9.17, 15) is 5.11 Å². The number of aliphatic hydroxyl groups is 1. The summed E-state index contributed by atoms with van der Waals surface area (Å²) in [4.78, 5) is 0. The fraction of sp³-hybridized carbons (Fsp3) is 0.455. The molecule has 2 aromatic carbocycles. The summed E-state index contributed by atoms with van der Waals surface area (Å²) in [6.45, 7) is 6.27. The highest BCUT2D eigenvalue weighted by molar-refractivity contribution is 6.91. The molecule has 1 aliphatic heterocycles. The summed E-state index contributed by atoms with van der Waals surface area (Å²) in [7, 11) is -1.68. The molecule has 4 atom stereocenters. The average Bonchev–Trinajstić information content (AvgIpc) is 3.31. The second-order valence-electron chi connectivity index (χ2n) is 8.26. The first-order valence-electron chi connectivity index (χ1n) is 9.54. The molecular weight excluding hydrogens is 340 g/mol. The SMILES string of the molecule is C[Si](C)(c1ccccc1)[C@H]1C[C@H]2O[C@@]2(CO)[C@@H]1COCc1ccccc1. The van der Waals surface area contributed by atoms with Gasteiger partial charge >= 0.3 is 0 Å². The second-order valence-corrected chi connectivity index (χ2v) is 13.0. The molecule has 1 heterocycles. The molecule has 0 amide bonds. The Bertz CT molecular complexity index is 730. The van der Waals surface area contributed by atoms with Gasteiger partial charge in [-0.15, -0.1) is 0 Å². The van der Waals surface area contributed by atoms with E-state index in [-0.39, 0.29) is 24.2 Å². The zero-order valence-electron chi connectivity index (χ0n) is 15.6. The fourth-order valence-electron chi connectivity index (χ4n) is 4.81. The number of hydrogen-bond donors (Lipinski definition) is 1. The van der Waals surface area contributed by atoms with Crippen molar-refractivity contribution in [3.05, 3.63) is 66.2 Å². The van der Waals surface area contributed by atoms with E-state index >= 15 is 0 Å². The minimum atomic E-state index is -1.68. The lowest BCUT2D eigenvalue weighted by molar-refractivity contribution is 0.0281. The summed E-state index contributed by atoms with van der Waals surface area (Å²) < 4.78 is 12.1. The first-order chi connectivity index (χ1) is 12.6. The van der Waals surface area contributed by atoms with Crippen LogP contribution in [0.4, 0.5) is 0 Å². The van der Waals surface area contributed by atoms with Crippen molar-refractivity contribution < 1.29 is 14.6 Å². The lowest BCUT2D eigenvalue weighted by atomic mass is 9.96. The molecule has 4 heteroatoms. The molecule has 0 bridgehead atoms. The van der Waals surface area contributed by atoms with Crippen LogP contribution in [0.15, 0.2) is 60.7 Å². The van der Waals surface area contributed by atoms with Crippen molar-refractivity contribution in [2.45, 2.75) is 43.4 Å². The molecule has 1 aliphatic carbocycles. The van der Waals surface area contributed by atoms with E-state index in [0.29, 0.717) is 18.8 Å². The fourth-order valence-corrected chi connectivity index (χ4v) is 8.48. The molecule has 3 nitrogen and oxygen atoms in total. The molecule has 0 spiro atoms. The minimum absolute atomic E-state index is 0.104. The van der Waals surface area contributed by atoms with E-state index in [4.69, 9.17) is 9.47 Å². The molecule has 1 saturated heterocycles. The highest BCUT2D eigenvalue weighted by Gasteiger charge is 2.70. The van der Waals surface area contributed by atoms with Crippen LogP contribution in [-0.4, -0.2) is 38.1 Å². The predicted octanol–water partition coefficient (Wildman–Crippen LogP) is 3.34. The van der Waals surface area contributed by atoms with Crippen LogP contribution in [0.5, 0.6) is 0 Å². The van der Waals surface area contributed by atoms with Gasteiger partial charge in [-0.3, -0.25) is 0 Å². The van der Waals surface area contributed by atoms with Crippen LogP contribution in [0.3, 0.4) is 0 Å².